The molecule has 0 atom stereocenters. The van der Waals surface area contributed by atoms with Crippen molar-refractivity contribution in [2.75, 3.05) is 18.8 Å². The zero-order valence-corrected chi connectivity index (χ0v) is 13.1. The van der Waals surface area contributed by atoms with E-state index in [1.807, 2.05) is 6.92 Å². The molecule has 0 saturated carbocycles. The second-order valence-corrected chi connectivity index (χ2v) is 8.13. The maximum absolute atomic E-state index is 11.7. The average molecular weight is 303 g/mol. The largest absolute Gasteiger partial charge is 0.308 e. The second-order valence-electron chi connectivity index (χ2n) is 4.81. The zero-order chi connectivity index (χ0) is 13.9. The number of piperidine rings is 1. The van der Waals surface area contributed by atoms with Crippen LogP contribution in [-0.4, -0.2) is 42.6 Å². The van der Waals surface area contributed by atoms with Crippen molar-refractivity contribution in [2.45, 2.75) is 39.3 Å². The van der Waals surface area contributed by atoms with Gasteiger partial charge >= 0.3 is 0 Å². The highest BCUT2D eigenvalue weighted by molar-refractivity contribution is 7.89. The van der Waals surface area contributed by atoms with E-state index in [0.717, 1.165) is 30.1 Å². The van der Waals surface area contributed by atoms with Gasteiger partial charge in [0.15, 0.2) is 0 Å². The third-order valence-corrected chi connectivity index (χ3v) is 6.15. The fraction of sp³-hybridized carbons (Fsp3) is 0.750. The number of thiazole rings is 1. The summed E-state index contributed by atoms with van der Waals surface area (Å²) in [6.07, 6.45) is 1.75. The first kappa shape index (κ1) is 14.9. The van der Waals surface area contributed by atoms with E-state index in [1.165, 1.54) is 0 Å². The van der Waals surface area contributed by atoms with Crippen molar-refractivity contribution in [1.29, 1.82) is 0 Å². The van der Waals surface area contributed by atoms with Gasteiger partial charge in [-0.3, -0.25) is 0 Å². The van der Waals surface area contributed by atoms with Crippen molar-refractivity contribution in [3.63, 3.8) is 0 Å². The van der Waals surface area contributed by atoms with E-state index < -0.39 is 10.0 Å². The van der Waals surface area contributed by atoms with Crippen molar-refractivity contribution in [2.24, 2.45) is 0 Å². The van der Waals surface area contributed by atoms with Crippen molar-refractivity contribution < 1.29 is 8.42 Å². The molecule has 2 heterocycles. The molecule has 1 saturated heterocycles. The predicted molar refractivity (Wildman–Crippen MR) is 77.7 cm³/mol. The van der Waals surface area contributed by atoms with Crippen LogP contribution in [0.2, 0.25) is 0 Å². The number of nitrogens with one attached hydrogen (secondary N) is 1. The molecular weight excluding hydrogens is 282 g/mol. The minimum Gasteiger partial charge on any atom is -0.308 e. The summed E-state index contributed by atoms with van der Waals surface area (Å²) >= 11 is 1.66. The SMILES string of the molecule is CCS(=O)(=O)N1CCC(NCc2csc(C)n2)CC1. The molecule has 7 heteroatoms. The standard InChI is InChI=1S/C12H21N3O2S2/c1-3-19(16,17)15-6-4-11(5-7-15)13-8-12-9-18-10(2)14-12/h9,11,13H,3-8H2,1-2H3. The number of aryl methyl sites for hydroxylation is 1. The van der Waals surface area contributed by atoms with E-state index in [4.69, 9.17) is 0 Å². The van der Waals surface area contributed by atoms with Crippen LogP contribution < -0.4 is 5.32 Å². The van der Waals surface area contributed by atoms with Crippen LogP contribution in [0.3, 0.4) is 0 Å². The first-order valence-electron chi connectivity index (χ1n) is 6.63. The smallest absolute Gasteiger partial charge is 0.213 e. The number of hydrogen-bond acceptors (Lipinski definition) is 5. The second kappa shape index (κ2) is 6.30. The molecule has 2 rings (SSSR count). The van der Waals surface area contributed by atoms with Crippen molar-refractivity contribution >= 4 is 21.4 Å². The minimum atomic E-state index is -3.01. The van der Waals surface area contributed by atoms with Gasteiger partial charge < -0.3 is 5.32 Å². The number of aromatic nitrogens is 1. The summed E-state index contributed by atoms with van der Waals surface area (Å²) < 4.78 is 25.1. The lowest BCUT2D eigenvalue weighted by Crippen LogP contribution is -2.45. The Morgan fingerprint density at radius 1 is 1.47 bits per heavy atom. The molecule has 0 spiro atoms. The van der Waals surface area contributed by atoms with Crippen LogP contribution in [-0.2, 0) is 16.6 Å². The lowest BCUT2D eigenvalue weighted by Gasteiger charge is -2.31. The molecule has 1 aliphatic heterocycles. The summed E-state index contributed by atoms with van der Waals surface area (Å²) in [5, 5.41) is 6.62. The number of rotatable bonds is 5. The Bertz CT molecular complexity index is 505. The number of hydrogen-bond donors (Lipinski definition) is 1. The molecule has 0 unspecified atom stereocenters. The van der Waals surface area contributed by atoms with Crippen LogP contribution in [0, 0.1) is 6.92 Å². The van der Waals surface area contributed by atoms with Crippen molar-refractivity contribution in [3.05, 3.63) is 16.1 Å². The predicted octanol–water partition coefficient (Wildman–Crippen LogP) is 1.36. The number of sulfonamides is 1. The molecule has 0 bridgehead atoms. The number of nitrogens with zero attached hydrogens (tertiary/aromatic N) is 2. The minimum absolute atomic E-state index is 0.198. The summed E-state index contributed by atoms with van der Waals surface area (Å²) in [6.45, 7) is 5.73. The third kappa shape index (κ3) is 3.98. The molecule has 1 aliphatic rings. The molecule has 0 aliphatic carbocycles. The van der Waals surface area contributed by atoms with Crippen LogP contribution in [0.1, 0.15) is 30.5 Å². The van der Waals surface area contributed by atoms with Gasteiger partial charge in [-0.2, -0.15) is 0 Å². The van der Waals surface area contributed by atoms with E-state index in [2.05, 4.69) is 15.7 Å². The summed E-state index contributed by atoms with van der Waals surface area (Å²) in [5.41, 5.74) is 1.08. The van der Waals surface area contributed by atoms with Gasteiger partial charge in [-0.25, -0.2) is 17.7 Å². The van der Waals surface area contributed by atoms with Gasteiger partial charge in [-0.05, 0) is 26.7 Å². The lowest BCUT2D eigenvalue weighted by molar-refractivity contribution is 0.288. The monoisotopic (exact) mass is 303 g/mol. The highest BCUT2D eigenvalue weighted by atomic mass is 32.2. The molecule has 1 aromatic heterocycles. The topological polar surface area (TPSA) is 62.3 Å². The lowest BCUT2D eigenvalue weighted by atomic mass is 10.1. The van der Waals surface area contributed by atoms with Crippen LogP contribution in [0.4, 0.5) is 0 Å². The van der Waals surface area contributed by atoms with Gasteiger partial charge in [0.05, 0.1) is 16.5 Å². The first-order valence-corrected chi connectivity index (χ1v) is 9.12. The summed E-state index contributed by atoms with van der Waals surface area (Å²) in [4.78, 5) is 4.41. The summed E-state index contributed by atoms with van der Waals surface area (Å²) in [6, 6.07) is 0.394. The Labute approximate surface area is 119 Å². The Kier molecular flexibility index (Phi) is 4.94. The molecule has 5 nitrogen and oxygen atoms in total. The van der Waals surface area contributed by atoms with Gasteiger partial charge in [0.2, 0.25) is 10.0 Å². The maximum atomic E-state index is 11.7. The fourth-order valence-corrected chi connectivity index (χ4v) is 4.00. The average Bonchev–Trinajstić information content (AvgIpc) is 2.83. The Hall–Kier alpha value is -0.500. The van der Waals surface area contributed by atoms with Crippen molar-refractivity contribution in [1.82, 2.24) is 14.6 Å². The quantitative estimate of drug-likeness (QED) is 0.892. The molecule has 1 fully saturated rings. The Balaban J connectivity index is 1.78. The van der Waals surface area contributed by atoms with E-state index in [0.29, 0.717) is 19.1 Å². The van der Waals surface area contributed by atoms with Gasteiger partial charge in [-0.1, -0.05) is 0 Å². The van der Waals surface area contributed by atoms with Crippen LogP contribution in [0.25, 0.3) is 0 Å². The van der Waals surface area contributed by atoms with Gasteiger partial charge in [0.25, 0.3) is 0 Å². The molecule has 0 radical (unpaired) electrons. The molecule has 0 aromatic carbocycles. The van der Waals surface area contributed by atoms with Crippen LogP contribution in [0.5, 0.6) is 0 Å². The van der Waals surface area contributed by atoms with E-state index in [1.54, 1.807) is 22.6 Å². The Morgan fingerprint density at radius 2 is 2.16 bits per heavy atom. The van der Waals surface area contributed by atoms with Gasteiger partial charge in [-0.15, -0.1) is 11.3 Å². The van der Waals surface area contributed by atoms with Gasteiger partial charge in [0, 0.05) is 31.1 Å². The van der Waals surface area contributed by atoms with Crippen LogP contribution >= 0.6 is 11.3 Å². The first-order chi connectivity index (χ1) is 9.01. The molecule has 1 N–H and O–H groups in total. The Morgan fingerprint density at radius 3 is 2.68 bits per heavy atom. The molecule has 19 heavy (non-hydrogen) atoms. The molecular formula is C12H21N3O2S2. The maximum Gasteiger partial charge on any atom is 0.213 e. The van der Waals surface area contributed by atoms with E-state index in [-0.39, 0.29) is 5.75 Å². The summed E-state index contributed by atoms with van der Waals surface area (Å²) in [5.74, 6) is 0.198. The van der Waals surface area contributed by atoms with Crippen molar-refractivity contribution in [3.8, 4) is 0 Å². The zero-order valence-electron chi connectivity index (χ0n) is 11.4. The highest BCUT2D eigenvalue weighted by Gasteiger charge is 2.26. The van der Waals surface area contributed by atoms with Gasteiger partial charge in [0.1, 0.15) is 0 Å². The molecule has 108 valence electrons. The van der Waals surface area contributed by atoms with E-state index in [9.17, 15) is 8.42 Å². The van der Waals surface area contributed by atoms with Crippen LogP contribution in [0.15, 0.2) is 5.38 Å². The van der Waals surface area contributed by atoms with E-state index >= 15 is 0 Å². The molecule has 0 amide bonds. The molecule has 1 aromatic rings. The third-order valence-electron chi connectivity index (χ3n) is 3.45. The normalized spacial score (nSPS) is 18.8. The fourth-order valence-electron chi connectivity index (χ4n) is 2.26. The summed E-state index contributed by atoms with van der Waals surface area (Å²) in [7, 11) is -3.01. The highest BCUT2D eigenvalue weighted by Crippen LogP contribution is 2.15.